The lowest BCUT2D eigenvalue weighted by Gasteiger charge is -2.13. The number of aromatic amines is 1. The number of hydrogen-bond donors (Lipinski definition) is 2. The molecule has 3 heterocycles. The molecule has 2 aliphatic heterocycles. The van der Waals surface area contributed by atoms with Gasteiger partial charge in [0.25, 0.3) is 0 Å². The maximum atomic E-state index is 14.5. The molecule has 1 aromatic carbocycles. The molecule has 27 heavy (non-hydrogen) atoms. The average Bonchev–Trinajstić information content (AvgIpc) is 3.32. The zero-order valence-corrected chi connectivity index (χ0v) is 16.8. The highest BCUT2D eigenvalue weighted by molar-refractivity contribution is 9.10. The second kappa shape index (κ2) is 7.44. The molecule has 0 saturated carbocycles. The van der Waals surface area contributed by atoms with Crippen molar-refractivity contribution in [3.63, 3.8) is 0 Å². The Kier molecular flexibility index (Phi) is 5.17. The van der Waals surface area contributed by atoms with Gasteiger partial charge in [0, 0.05) is 36.0 Å². The van der Waals surface area contributed by atoms with E-state index in [1.807, 2.05) is 4.57 Å². The molecule has 1 aromatic heterocycles. The smallest absolute Gasteiger partial charge is 0.226 e. The van der Waals surface area contributed by atoms with E-state index in [4.69, 9.17) is 17.0 Å². The predicted molar refractivity (Wildman–Crippen MR) is 101 cm³/mol. The van der Waals surface area contributed by atoms with Crippen molar-refractivity contribution in [2.24, 2.45) is 0 Å². The van der Waals surface area contributed by atoms with Crippen LogP contribution in [0.1, 0.15) is 29.3 Å². The molecular formula is C18H18BrF2N3O2S. The first-order valence-electron chi connectivity index (χ1n) is 8.75. The molecule has 0 aliphatic carbocycles. The minimum absolute atomic E-state index is 0.0359. The summed E-state index contributed by atoms with van der Waals surface area (Å²) >= 11 is 8.47. The number of rotatable bonds is 4. The third kappa shape index (κ3) is 3.60. The Hall–Kier alpha value is -1.58. The summed E-state index contributed by atoms with van der Waals surface area (Å²) in [5.41, 5.74) is 1.59. The summed E-state index contributed by atoms with van der Waals surface area (Å²) in [6, 6.07) is 2.65. The lowest BCUT2D eigenvalue weighted by molar-refractivity contribution is -0.121. The highest BCUT2D eigenvalue weighted by Gasteiger charge is 2.32. The molecule has 9 heteroatoms. The first-order valence-corrected chi connectivity index (χ1v) is 9.95. The molecular weight excluding hydrogens is 440 g/mol. The van der Waals surface area contributed by atoms with E-state index in [0.29, 0.717) is 36.6 Å². The minimum atomic E-state index is -0.582. The van der Waals surface area contributed by atoms with Crippen molar-refractivity contribution < 1.29 is 18.3 Å². The number of aromatic nitrogens is 2. The van der Waals surface area contributed by atoms with Crippen LogP contribution in [0.3, 0.4) is 0 Å². The molecule has 0 unspecified atom stereocenters. The van der Waals surface area contributed by atoms with Crippen molar-refractivity contribution in [1.29, 1.82) is 0 Å². The summed E-state index contributed by atoms with van der Waals surface area (Å²) in [7, 11) is 0. The molecule has 4 rings (SSSR count). The van der Waals surface area contributed by atoms with E-state index in [1.54, 1.807) is 0 Å². The number of nitrogens with one attached hydrogen (secondary N) is 2. The van der Waals surface area contributed by atoms with E-state index < -0.39 is 11.6 Å². The van der Waals surface area contributed by atoms with Crippen LogP contribution in [-0.2, 0) is 28.9 Å². The fraction of sp³-hybridized carbons (Fsp3) is 0.444. The molecule has 1 fully saturated rings. The highest BCUT2D eigenvalue weighted by atomic mass is 79.9. The molecule has 5 nitrogen and oxygen atoms in total. The van der Waals surface area contributed by atoms with Crippen molar-refractivity contribution in [3.8, 4) is 0 Å². The standard InChI is InChI=1S/C18H18BrF2N3O2S/c19-11-1-2-12(20)16(17(11)21)9-5-14-13(23-18(27)24(14)7-9)6-15(25)22-10-3-4-26-8-10/h1-2,9-10H,3-8H2,(H,22,25)(H,23,27)/t9-,10+/m0/s1. The number of ether oxygens (including phenoxy) is 1. The lowest BCUT2D eigenvalue weighted by atomic mass is 9.95. The molecule has 1 amide bonds. The van der Waals surface area contributed by atoms with Gasteiger partial charge in [-0.05, 0) is 53.1 Å². The van der Waals surface area contributed by atoms with Gasteiger partial charge in [0.05, 0.1) is 23.5 Å². The SMILES string of the molecule is O=C(Cc1[nH]c(=S)n2c1C[C@H](c1c(F)ccc(Br)c1F)C2)N[C@@H]1CCOC1. The molecule has 2 aliphatic rings. The van der Waals surface area contributed by atoms with Crippen LogP contribution >= 0.6 is 28.1 Å². The third-order valence-electron chi connectivity index (χ3n) is 5.14. The van der Waals surface area contributed by atoms with Crippen LogP contribution in [0.25, 0.3) is 0 Å². The summed E-state index contributed by atoms with van der Waals surface area (Å²) < 4.78 is 36.5. The maximum Gasteiger partial charge on any atom is 0.226 e. The zero-order valence-electron chi connectivity index (χ0n) is 14.4. The lowest BCUT2D eigenvalue weighted by Crippen LogP contribution is -2.36. The fourth-order valence-corrected chi connectivity index (χ4v) is 4.50. The monoisotopic (exact) mass is 457 g/mol. The van der Waals surface area contributed by atoms with Crippen LogP contribution < -0.4 is 5.32 Å². The first-order chi connectivity index (χ1) is 12.9. The van der Waals surface area contributed by atoms with Gasteiger partial charge in [0.1, 0.15) is 11.6 Å². The molecule has 1 saturated heterocycles. The Morgan fingerprint density at radius 3 is 3.00 bits per heavy atom. The summed E-state index contributed by atoms with van der Waals surface area (Å²) in [5.74, 6) is -1.63. The van der Waals surface area contributed by atoms with E-state index in [1.165, 1.54) is 12.1 Å². The van der Waals surface area contributed by atoms with Gasteiger partial charge in [-0.25, -0.2) is 8.78 Å². The highest BCUT2D eigenvalue weighted by Crippen LogP contribution is 2.36. The molecule has 0 radical (unpaired) electrons. The van der Waals surface area contributed by atoms with Gasteiger partial charge in [-0.2, -0.15) is 0 Å². The van der Waals surface area contributed by atoms with Gasteiger partial charge >= 0.3 is 0 Å². The number of H-pyrrole nitrogens is 1. The quantitative estimate of drug-likeness (QED) is 0.546. The first kappa shape index (κ1) is 18.8. The number of amides is 1. The second-order valence-corrected chi connectivity index (χ2v) is 8.17. The predicted octanol–water partition coefficient (Wildman–Crippen LogP) is 3.37. The van der Waals surface area contributed by atoms with E-state index in [0.717, 1.165) is 12.1 Å². The summed E-state index contributed by atoms with van der Waals surface area (Å²) in [6.07, 6.45) is 1.38. The number of imidazole rings is 1. The normalized spacial score (nSPS) is 21.4. The van der Waals surface area contributed by atoms with Crippen LogP contribution in [0.4, 0.5) is 8.78 Å². The van der Waals surface area contributed by atoms with Gasteiger partial charge in [0.2, 0.25) is 5.91 Å². The van der Waals surface area contributed by atoms with Gasteiger partial charge in [-0.1, -0.05) is 0 Å². The topological polar surface area (TPSA) is 59.0 Å². The maximum absolute atomic E-state index is 14.5. The number of benzene rings is 1. The number of nitrogens with zero attached hydrogens (tertiary/aromatic N) is 1. The average molecular weight is 458 g/mol. The number of halogens is 3. The molecule has 0 bridgehead atoms. The van der Waals surface area contributed by atoms with Crippen LogP contribution in [0.5, 0.6) is 0 Å². The van der Waals surface area contributed by atoms with E-state index in [-0.39, 0.29) is 34.3 Å². The Labute approximate surface area is 168 Å². The Morgan fingerprint density at radius 1 is 1.44 bits per heavy atom. The van der Waals surface area contributed by atoms with Gasteiger partial charge in [0.15, 0.2) is 4.77 Å². The zero-order chi connectivity index (χ0) is 19.1. The summed E-state index contributed by atoms with van der Waals surface area (Å²) in [4.78, 5) is 15.4. The largest absolute Gasteiger partial charge is 0.379 e. The van der Waals surface area contributed by atoms with E-state index >= 15 is 0 Å². The number of hydrogen-bond acceptors (Lipinski definition) is 3. The van der Waals surface area contributed by atoms with Gasteiger partial charge in [-0.15, -0.1) is 0 Å². The molecule has 0 spiro atoms. The van der Waals surface area contributed by atoms with E-state index in [9.17, 15) is 13.6 Å². The van der Waals surface area contributed by atoms with Crippen LogP contribution in [0.15, 0.2) is 16.6 Å². The molecule has 144 valence electrons. The number of carbonyl (C=O) groups excluding carboxylic acids is 1. The van der Waals surface area contributed by atoms with Crippen molar-refractivity contribution in [3.05, 3.63) is 50.0 Å². The van der Waals surface area contributed by atoms with Crippen molar-refractivity contribution in [2.75, 3.05) is 13.2 Å². The number of fused-ring (bicyclic) bond motifs is 1. The molecule has 2 aromatic rings. The Morgan fingerprint density at radius 2 is 2.26 bits per heavy atom. The Bertz CT molecular complexity index is 953. The second-order valence-electron chi connectivity index (χ2n) is 6.93. The van der Waals surface area contributed by atoms with Crippen molar-refractivity contribution >= 4 is 34.1 Å². The molecule has 2 N–H and O–H groups in total. The van der Waals surface area contributed by atoms with Crippen LogP contribution in [0, 0.1) is 16.4 Å². The summed E-state index contributed by atoms with van der Waals surface area (Å²) in [5, 5.41) is 2.94. The molecule has 2 atom stereocenters. The van der Waals surface area contributed by atoms with Crippen molar-refractivity contribution in [1.82, 2.24) is 14.9 Å². The van der Waals surface area contributed by atoms with Gasteiger partial charge in [-0.3, -0.25) is 4.79 Å². The van der Waals surface area contributed by atoms with Crippen molar-refractivity contribution in [2.45, 2.75) is 37.8 Å². The minimum Gasteiger partial charge on any atom is -0.379 e. The van der Waals surface area contributed by atoms with Crippen LogP contribution in [0.2, 0.25) is 0 Å². The number of carbonyl (C=O) groups is 1. The fourth-order valence-electron chi connectivity index (χ4n) is 3.84. The van der Waals surface area contributed by atoms with Gasteiger partial charge < -0.3 is 19.6 Å². The van der Waals surface area contributed by atoms with E-state index in [2.05, 4.69) is 26.2 Å². The Balaban J connectivity index is 1.55. The summed E-state index contributed by atoms with van der Waals surface area (Å²) in [6.45, 7) is 1.56. The van der Waals surface area contributed by atoms with Crippen LogP contribution in [-0.4, -0.2) is 34.7 Å². The third-order valence-corrected chi connectivity index (χ3v) is 6.07.